The van der Waals surface area contributed by atoms with Crippen LogP contribution in [0.1, 0.15) is 5.56 Å². The molecule has 4 rings (SSSR count). The van der Waals surface area contributed by atoms with E-state index in [4.69, 9.17) is 23.2 Å². The molecule has 0 bridgehead atoms. The van der Waals surface area contributed by atoms with Gasteiger partial charge in [0, 0.05) is 38.7 Å². The van der Waals surface area contributed by atoms with Crippen molar-refractivity contribution in [2.45, 2.75) is 6.54 Å². The zero-order valence-corrected chi connectivity index (χ0v) is 16.5. The fraction of sp³-hybridized carbons (Fsp3) is 0.0526. The first kappa shape index (κ1) is 18.6. The highest BCUT2D eigenvalue weighted by Gasteiger charge is 2.16. The number of nitro groups is 1. The van der Waals surface area contributed by atoms with Crippen LogP contribution >= 0.6 is 34.5 Å². The molecule has 4 aromatic rings. The molecule has 0 unspecified atom stereocenters. The third-order valence-corrected chi connectivity index (χ3v) is 5.93. The first-order chi connectivity index (χ1) is 13.5. The lowest BCUT2D eigenvalue weighted by atomic mass is 10.1. The van der Waals surface area contributed by atoms with E-state index in [1.54, 1.807) is 30.3 Å². The summed E-state index contributed by atoms with van der Waals surface area (Å²) in [6, 6.07) is 11.3. The Labute approximate surface area is 172 Å². The van der Waals surface area contributed by atoms with Crippen LogP contribution in [0.3, 0.4) is 0 Å². The van der Waals surface area contributed by atoms with Gasteiger partial charge in [0.2, 0.25) is 0 Å². The van der Waals surface area contributed by atoms with Gasteiger partial charge < -0.3 is 0 Å². The van der Waals surface area contributed by atoms with E-state index in [0.29, 0.717) is 37.0 Å². The molecule has 0 N–H and O–H groups in total. The van der Waals surface area contributed by atoms with Crippen LogP contribution in [0.4, 0.5) is 5.69 Å². The van der Waals surface area contributed by atoms with Crippen molar-refractivity contribution in [2.24, 2.45) is 0 Å². The Kier molecular flexibility index (Phi) is 4.89. The summed E-state index contributed by atoms with van der Waals surface area (Å²) in [5.74, 6) is 0. The summed E-state index contributed by atoms with van der Waals surface area (Å²) < 4.78 is 1.46. The van der Waals surface area contributed by atoms with Crippen LogP contribution in [0.5, 0.6) is 0 Å². The predicted octanol–water partition coefficient (Wildman–Crippen LogP) is 5.39. The maximum absolute atomic E-state index is 13.1. The lowest BCUT2D eigenvalue weighted by Crippen LogP contribution is -2.21. The van der Waals surface area contributed by atoms with Crippen LogP contribution in [-0.4, -0.2) is 14.5 Å². The smallest absolute Gasteiger partial charge is 0.269 e. The number of aromatic nitrogens is 2. The van der Waals surface area contributed by atoms with Crippen molar-refractivity contribution in [1.82, 2.24) is 9.55 Å². The van der Waals surface area contributed by atoms with Crippen LogP contribution in [0.2, 0.25) is 10.0 Å². The standard InChI is InChI=1S/C19H11Cl2N3O3S/c20-15-2-1-3-16(21)13(15)8-23-10-22-18-17(19(23)25)14(9-28-18)11-4-6-12(7-5-11)24(26)27/h1-7,9-10H,8H2. The Hall–Kier alpha value is -2.74. The van der Waals surface area contributed by atoms with E-state index in [-0.39, 0.29) is 17.8 Å². The number of hydrogen-bond acceptors (Lipinski definition) is 5. The van der Waals surface area contributed by atoms with Crippen LogP contribution in [0, 0.1) is 10.1 Å². The van der Waals surface area contributed by atoms with E-state index in [9.17, 15) is 14.9 Å². The molecule has 0 saturated carbocycles. The average molecular weight is 432 g/mol. The maximum Gasteiger partial charge on any atom is 0.269 e. The monoisotopic (exact) mass is 431 g/mol. The topological polar surface area (TPSA) is 78.0 Å². The number of halogens is 2. The fourth-order valence-corrected chi connectivity index (χ4v) is 4.33. The first-order valence-corrected chi connectivity index (χ1v) is 9.73. The van der Waals surface area contributed by atoms with Gasteiger partial charge in [-0.3, -0.25) is 19.5 Å². The molecule has 0 aliphatic carbocycles. The Balaban J connectivity index is 1.82. The number of rotatable bonds is 4. The number of nitro benzene ring substituents is 1. The van der Waals surface area contributed by atoms with E-state index in [0.717, 1.165) is 0 Å². The van der Waals surface area contributed by atoms with Crippen molar-refractivity contribution >= 4 is 50.4 Å². The minimum absolute atomic E-state index is 0.00724. The summed E-state index contributed by atoms with van der Waals surface area (Å²) in [5, 5.41) is 14.1. The van der Waals surface area contributed by atoms with Crippen molar-refractivity contribution in [2.75, 3.05) is 0 Å². The molecule has 140 valence electrons. The second kappa shape index (κ2) is 7.35. The van der Waals surface area contributed by atoms with Crippen molar-refractivity contribution in [1.29, 1.82) is 0 Å². The van der Waals surface area contributed by atoms with Gasteiger partial charge in [-0.15, -0.1) is 11.3 Å². The number of thiophene rings is 1. The second-order valence-electron chi connectivity index (χ2n) is 6.01. The van der Waals surface area contributed by atoms with E-state index in [1.807, 2.05) is 5.38 Å². The molecule has 0 atom stereocenters. The third-order valence-electron chi connectivity index (χ3n) is 4.34. The highest BCUT2D eigenvalue weighted by atomic mass is 35.5. The van der Waals surface area contributed by atoms with E-state index in [2.05, 4.69) is 4.98 Å². The number of benzene rings is 2. The Morgan fingerprint density at radius 3 is 2.43 bits per heavy atom. The minimum atomic E-state index is -0.461. The predicted molar refractivity (Wildman–Crippen MR) is 112 cm³/mol. The molecule has 2 aromatic carbocycles. The minimum Gasteiger partial charge on any atom is -0.294 e. The zero-order chi connectivity index (χ0) is 19.8. The van der Waals surface area contributed by atoms with Crippen LogP contribution in [0.15, 0.2) is 59.0 Å². The van der Waals surface area contributed by atoms with E-state index >= 15 is 0 Å². The molecule has 0 spiro atoms. The van der Waals surface area contributed by atoms with Crippen molar-refractivity contribution in [3.8, 4) is 11.1 Å². The lowest BCUT2D eigenvalue weighted by Gasteiger charge is -2.09. The van der Waals surface area contributed by atoms with Crippen molar-refractivity contribution in [3.05, 3.63) is 90.2 Å². The van der Waals surface area contributed by atoms with Gasteiger partial charge in [0.15, 0.2) is 0 Å². The van der Waals surface area contributed by atoms with Gasteiger partial charge >= 0.3 is 0 Å². The van der Waals surface area contributed by atoms with Crippen molar-refractivity contribution in [3.63, 3.8) is 0 Å². The average Bonchev–Trinajstić information content (AvgIpc) is 3.11. The first-order valence-electron chi connectivity index (χ1n) is 8.10. The molecule has 0 aliphatic rings. The SMILES string of the molecule is O=c1c2c(-c3ccc([N+](=O)[O-])cc3)csc2ncn1Cc1c(Cl)cccc1Cl. The third kappa shape index (κ3) is 3.28. The number of fused-ring (bicyclic) bond motifs is 1. The van der Waals surface area contributed by atoms with Gasteiger partial charge in [0.05, 0.1) is 23.2 Å². The largest absolute Gasteiger partial charge is 0.294 e. The number of non-ortho nitro benzene ring substituents is 1. The summed E-state index contributed by atoms with van der Waals surface area (Å²) >= 11 is 13.8. The second-order valence-corrected chi connectivity index (χ2v) is 7.68. The maximum atomic E-state index is 13.1. The van der Waals surface area contributed by atoms with Crippen LogP contribution in [0.25, 0.3) is 21.3 Å². The van der Waals surface area contributed by atoms with Gasteiger partial charge in [0.25, 0.3) is 11.2 Å². The number of hydrogen-bond donors (Lipinski definition) is 0. The quantitative estimate of drug-likeness (QED) is 0.320. The van der Waals surface area contributed by atoms with Gasteiger partial charge in [0.1, 0.15) is 4.83 Å². The van der Waals surface area contributed by atoms with Crippen LogP contribution < -0.4 is 5.56 Å². The van der Waals surface area contributed by atoms with Gasteiger partial charge in [-0.25, -0.2) is 4.98 Å². The molecule has 6 nitrogen and oxygen atoms in total. The number of nitrogens with zero attached hydrogens (tertiary/aromatic N) is 3. The molecule has 0 radical (unpaired) electrons. The Morgan fingerprint density at radius 1 is 1.11 bits per heavy atom. The Morgan fingerprint density at radius 2 is 1.79 bits per heavy atom. The lowest BCUT2D eigenvalue weighted by molar-refractivity contribution is -0.384. The molecule has 0 aliphatic heterocycles. The summed E-state index contributed by atoms with van der Waals surface area (Å²) in [6.45, 7) is 0.190. The van der Waals surface area contributed by atoms with Gasteiger partial charge in [-0.05, 0) is 29.8 Å². The molecular formula is C19H11Cl2N3O3S. The summed E-state index contributed by atoms with van der Waals surface area (Å²) in [6.07, 6.45) is 1.47. The van der Waals surface area contributed by atoms with Gasteiger partial charge in [-0.1, -0.05) is 29.3 Å². The summed E-state index contributed by atoms with van der Waals surface area (Å²) in [7, 11) is 0. The molecule has 2 heterocycles. The fourth-order valence-electron chi connectivity index (χ4n) is 2.91. The highest BCUT2D eigenvalue weighted by molar-refractivity contribution is 7.17. The normalized spacial score (nSPS) is 11.1. The molecule has 28 heavy (non-hydrogen) atoms. The van der Waals surface area contributed by atoms with E-state index < -0.39 is 4.92 Å². The van der Waals surface area contributed by atoms with Crippen molar-refractivity contribution < 1.29 is 4.92 Å². The summed E-state index contributed by atoms with van der Waals surface area (Å²) in [4.78, 5) is 28.5. The molecule has 9 heteroatoms. The molecule has 0 fully saturated rings. The molecule has 2 aromatic heterocycles. The highest BCUT2D eigenvalue weighted by Crippen LogP contribution is 2.32. The zero-order valence-electron chi connectivity index (χ0n) is 14.1. The van der Waals surface area contributed by atoms with Gasteiger partial charge in [-0.2, -0.15) is 0 Å². The van der Waals surface area contributed by atoms with Crippen LogP contribution in [-0.2, 0) is 6.54 Å². The summed E-state index contributed by atoms with van der Waals surface area (Å²) in [5.41, 5.74) is 1.81. The molecule has 0 amide bonds. The molecular weight excluding hydrogens is 421 g/mol. The Bertz CT molecular complexity index is 1250. The van der Waals surface area contributed by atoms with E-state index in [1.165, 1.54) is 34.4 Å². The molecule has 0 saturated heterocycles.